The van der Waals surface area contributed by atoms with Gasteiger partial charge in [-0.1, -0.05) is 6.92 Å². The van der Waals surface area contributed by atoms with Crippen LogP contribution in [-0.4, -0.2) is 16.9 Å². The molecule has 1 aromatic heterocycles. The van der Waals surface area contributed by atoms with Crippen LogP contribution in [0.25, 0.3) is 0 Å². The van der Waals surface area contributed by atoms with Crippen LogP contribution in [0.5, 0.6) is 0 Å². The molecule has 0 radical (unpaired) electrons. The molecule has 0 fully saturated rings. The minimum absolute atomic E-state index is 0.0376. The number of halogens is 1. The molecule has 0 saturated heterocycles. The fourth-order valence-electron chi connectivity index (χ4n) is 3.38. The number of rotatable bonds is 2. The van der Waals surface area contributed by atoms with Gasteiger partial charge in [-0.25, -0.2) is 9.37 Å². The van der Waals surface area contributed by atoms with Gasteiger partial charge in [0.2, 0.25) is 5.91 Å². The molecule has 5 nitrogen and oxygen atoms in total. The van der Waals surface area contributed by atoms with Crippen LogP contribution in [0.3, 0.4) is 0 Å². The molecule has 2 heterocycles. The fourth-order valence-corrected chi connectivity index (χ4v) is 3.38. The summed E-state index contributed by atoms with van der Waals surface area (Å²) in [6.45, 7) is 5.53. The van der Waals surface area contributed by atoms with Gasteiger partial charge in [0.15, 0.2) is 0 Å². The zero-order chi connectivity index (χ0) is 18.1. The molecule has 0 aliphatic carbocycles. The number of amides is 1. The van der Waals surface area contributed by atoms with E-state index in [1.165, 1.54) is 25.3 Å². The van der Waals surface area contributed by atoms with Crippen molar-refractivity contribution < 1.29 is 9.18 Å². The normalized spacial score (nSPS) is 22.0. The molecule has 1 aliphatic heterocycles. The Kier molecular flexibility index (Phi) is 4.41. The van der Waals surface area contributed by atoms with Crippen molar-refractivity contribution in [3.05, 3.63) is 53.5 Å². The highest BCUT2D eigenvalue weighted by molar-refractivity contribution is 5.94. The summed E-state index contributed by atoms with van der Waals surface area (Å²) in [6.07, 6.45) is 1.49. The molecule has 6 heteroatoms. The van der Waals surface area contributed by atoms with Gasteiger partial charge in [0, 0.05) is 36.3 Å². The van der Waals surface area contributed by atoms with Crippen LogP contribution in [0.2, 0.25) is 0 Å². The highest BCUT2D eigenvalue weighted by Gasteiger charge is 2.38. The number of nitrogens with one attached hydrogen (secondary N) is 1. The first-order valence-electron chi connectivity index (χ1n) is 8.14. The van der Waals surface area contributed by atoms with Crippen molar-refractivity contribution in [1.82, 2.24) is 4.98 Å². The zero-order valence-electron chi connectivity index (χ0n) is 14.3. The Labute approximate surface area is 146 Å². The zero-order valence-corrected chi connectivity index (χ0v) is 14.3. The van der Waals surface area contributed by atoms with E-state index in [0.29, 0.717) is 17.1 Å². The molecule has 1 aliphatic rings. The van der Waals surface area contributed by atoms with Crippen molar-refractivity contribution in [2.45, 2.75) is 32.9 Å². The van der Waals surface area contributed by atoms with E-state index in [-0.39, 0.29) is 29.7 Å². The van der Waals surface area contributed by atoms with Crippen LogP contribution in [0.4, 0.5) is 15.9 Å². The maximum absolute atomic E-state index is 13.9. The summed E-state index contributed by atoms with van der Waals surface area (Å²) in [5, 5.41) is 12.2. The van der Waals surface area contributed by atoms with Crippen molar-refractivity contribution >= 4 is 17.4 Å². The Morgan fingerprint density at radius 2 is 2.08 bits per heavy atom. The highest BCUT2D eigenvalue weighted by Crippen LogP contribution is 2.42. The molecule has 3 unspecified atom stereocenters. The van der Waals surface area contributed by atoms with Crippen LogP contribution in [0.1, 0.15) is 37.9 Å². The topological polar surface area (TPSA) is 69.0 Å². The summed E-state index contributed by atoms with van der Waals surface area (Å²) in [7, 11) is 0. The Morgan fingerprint density at radius 1 is 1.32 bits per heavy atom. The summed E-state index contributed by atoms with van der Waals surface area (Å²) in [5.74, 6) is 0.232. The molecule has 128 valence electrons. The average Bonchev–Trinajstić information content (AvgIpc) is 2.60. The van der Waals surface area contributed by atoms with Crippen molar-refractivity contribution in [3.8, 4) is 6.07 Å². The van der Waals surface area contributed by atoms with Gasteiger partial charge in [-0.05, 0) is 37.3 Å². The van der Waals surface area contributed by atoms with Gasteiger partial charge in [-0.2, -0.15) is 5.26 Å². The summed E-state index contributed by atoms with van der Waals surface area (Å²) < 4.78 is 13.9. The summed E-state index contributed by atoms with van der Waals surface area (Å²) in [6, 6.07) is 9.68. The number of carbonyl (C=O) groups is 1. The van der Waals surface area contributed by atoms with E-state index >= 15 is 0 Å². The minimum atomic E-state index is -0.344. The first-order valence-corrected chi connectivity index (χ1v) is 8.14. The number of benzene rings is 1. The smallest absolute Gasteiger partial charge is 0.224 e. The van der Waals surface area contributed by atoms with Crippen molar-refractivity contribution in [3.63, 3.8) is 0 Å². The maximum Gasteiger partial charge on any atom is 0.224 e. The van der Waals surface area contributed by atoms with Crippen molar-refractivity contribution in [1.29, 1.82) is 5.26 Å². The highest BCUT2D eigenvalue weighted by atomic mass is 19.1. The average molecular weight is 338 g/mol. The number of aromatic nitrogens is 1. The van der Waals surface area contributed by atoms with Crippen LogP contribution < -0.4 is 10.2 Å². The molecular formula is C19H19FN4O. The second kappa shape index (κ2) is 6.52. The van der Waals surface area contributed by atoms with Gasteiger partial charge in [0.05, 0.1) is 11.6 Å². The predicted octanol–water partition coefficient (Wildman–Crippen LogP) is 3.64. The van der Waals surface area contributed by atoms with Gasteiger partial charge in [0.1, 0.15) is 17.7 Å². The van der Waals surface area contributed by atoms with Gasteiger partial charge < -0.3 is 10.2 Å². The van der Waals surface area contributed by atoms with E-state index < -0.39 is 0 Å². The number of anilines is 2. The van der Waals surface area contributed by atoms with Gasteiger partial charge in [0.25, 0.3) is 0 Å². The van der Waals surface area contributed by atoms with E-state index in [4.69, 9.17) is 5.26 Å². The molecule has 2 aromatic rings. The summed E-state index contributed by atoms with van der Waals surface area (Å²) >= 11 is 0. The first kappa shape index (κ1) is 16.9. The molecule has 1 N–H and O–H groups in total. The van der Waals surface area contributed by atoms with Crippen LogP contribution in [0, 0.1) is 23.1 Å². The van der Waals surface area contributed by atoms with Crippen LogP contribution >= 0.6 is 0 Å². The SMILES string of the molecule is CC(=O)N1c2ccc(F)cc2C(Nc2ccc(C#N)cn2)C(C)C1C. The van der Waals surface area contributed by atoms with Gasteiger partial charge in [-0.15, -0.1) is 0 Å². The van der Waals surface area contributed by atoms with E-state index in [9.17, 15) is 9.18 Å². The lowest BCUT2D eigenvalue weighted by Crippen LogP contribution is -2.48. The Bertz CT molecular complexity index is 843. The largest absolute Gasteiger partial charge is 0.363 e. The van der Waals surface area contributed by atoms with Crippen LogP contribution in [-0.2, 0) is 4.79 Å². The Morgan fingerprint density at radius 3 is 2.68 bits per heavy atom. The molecule has 3 rings (SSSR count). The number of fused-ring (bicyclic) bond motifs is 1. The second-order valence-corrected chi connectivity index (χ2v) is 6.36. The van der Waals surface area contributed by atoms with Crippen molar-refractivity contribution in [2.75, 3.05) is 10.2 Å². The van der Waals surface area contributed by atoms with Crippen LogP contribution in [0.15, 0.2) is 36.5 Å². The number of pyridine rings is 1. The third-order valence-corrected chi connectivity index (χ3v) is 4.81. The standard InChI is InChI=1S/C19H19FN4O/c1-11-12(2)24(13(3)25)17-6-5-15(20)8-16(17)19(11)23-18-7-4-14(9-21)10-22-18/h4-8,10-12,19H,1-3H3,(H,22,23). The first-order chi connectivity index (χ1) is 11.9. The quantitative estimate of drug-likeness (QED) is 0.908. The maximum atomic E-state index is 13.9. The molecule has 1 amide bonds. The number of carbonyl (C=O) groups excluding carboxylic acids is 1. The van der Waals surface area contributed by atoms with Gasteiger partial charge >= 0.3 is 0 Å². The summed E-state index contributed by atoms with van der Waals surface area (Å²) in [5.41, 5.74) is 1.92. The lowest BCUT2D eigenvalue weighted by atomic mass is 9.82. The number of nitriles is 1. The van der Waals surface area contributed by atoms with E-state index in [0.717, 1.165) is 5.56 Å². The lowest BCUT2D eigenvalue weighted by molar-refractivity contribution is -0.117. The Hall–Kier alpha value is -2.94. The predicted molar refractivity (Wildman–Crippen MR) is 93.5 cm³/mol. The molecule has 1 aromatic carbocycles. The molecular weight excluding hydrogens is 319 g/mol. The molecule has 0 spiro atoms. The number of hydrogen-bond acceptors (Lipinski definition) is 4. The summed E-state index contributed by atoms with van der Waals surface area (Å²) in [4.78, 5) is 18.1. The van der Waals surface area contributed by atoms with Crippen molar-refractivity contribution in [2.24, 2.45) is 5.92 Å². The van der Waals surface area contributed by atoms with Gasteiger partial charge in [-0.3, -0.25) is 4.79 Å². The lowest BCUT2D eigenvalue weighted by Gasteiger charge is -2.44. The molecule has 25 heavy (non-hydrogen) atoms. The fraction of sp³-hybridized carbons (Fsp3) is 0.316. The van der Waals surface area contributed by atoms with E-state index in [1.54, 1.807) is 23.1 Å². The van der Waals surface area contributed by atoms with E-state index in [1.807, 2.05) is 19.9 Å². The minimum Gasteiger partial charge on any atom is -0.363 e. The molecule has 3 atom stereocenters. The monoisotopic (exact) mass is 338 g/mol. The Balaban J connectivity index is 2.03. The third-order valence-electron chi connectivity index (χ3n) is 4.81. The number of nitrogens with zero attached hydrogens (tertiary/aromatic N) is 3. The third kappa shape index (κ3) is 3.05. The van der Waals surface area contributed by atoms with E-state index in [2.05, 4.69) is 10.3 Å². The number of hydrogen-bond donors (Lipinski definition) is 1. The second-order valence-electron chi connectivity index (χ2n) is 6.36. The molecule has 0 saturated carbocycles. The molecule has 0 bridgehead atoms.